The van der Waals surface area contributed by atoms with Crippen LogP contribution in [0.4, 0.5) is 5.69 Å². The molecule has 0 aliphatic carbocycles. The number of rotatable bonds is 5. The first-order valence-corrected chi connectivity index (χ1v) is 9.60. The number of hydrogen-bond donors (Lipinski definition) is 3. The van der Waals surface area contributed by atoms with Gasteiger partial charge in [0.2, 0.25) is 5.91 Å². The van der Waals surface area contributed by atoms with E-state index in [2.05, 4.69) is 44.5 Å². The molecule has 7 nitrogen and oxygen atoms in total. The number of benzene rings is 2. The number of nitrogens with zero attached hydrogens (tertiary/aromatic N) is 2. The van der Waals surface area contributed by atoms with Gasteiger partial charge in [-0.3, -0.25) is 4.79 Å². The number of aromatic amines is 2. The van der Waals surface area contributed by atoms with E-state index in [9.17, 15) is 9.59 Å². The van der Waals surface area contributed by atoms with E-state index in [4.69, 9.17) is 0 Å². The smallest absolute Gasteiger partial charge is 0.323 e. The largest absolute Gasteiger partial charge is 0.368 e. The van der Waals surface area contributed by atoms with Crippen molar-refractivity contribution in [3.63, 3.8) is 0 Å². The average molecular weight is 379 g/mol. The molecule has 1 aliphatic rings. The zero-order chi connectivity index (χ0) is 19.5. The first-order chi connectivity index (χ1) is 13.6. The Bertz CT molecular complexity index is 1030. The standard InChI is InChI=1S/C21H25N5O2/c1-15(27)25-8-10-26(11-9-25)20-5-3-2-4-17(20)14-22-13-16-6-7-18-19(12-16)24-21(28)23-18/h2-7,12,22H,8-11,13-14H2,1H3,(H2,23,24,28). The summed E-state index contributed by atoms with van der Waals surface area (Å²) in [5, 5.41) is 3.50. The summed E-state index contributed by atoms with van der Waals surface area (Å²) in [5.41, 5.74) is 5.06. The number of nitrogens with one attached hydrogen (secondary N) is 3. The number of carbonyl (C=O) groups excluding carboxylic acids is 1. The molecule has 28 heavy (non-hydrogen) atoms. The van der Waals surface area contributed by atoms with E-state index in [0.717, 1.165) is 55.9 Å². The SMILES string of the molecule is CC(=O)N1CCN(c2ccccc2CNCc2ccc3[nH]c(=O)[nH]c3c2)CC1. The predicted molar refractivity (Wildman–Crippen MR) is 110 cm³/mol. The molecular formula is C21H25N5O2. The van der Waals surface area contributed by atoms with Crippen molar-refractivity contribution >= 4 is 22.6 Å². The van der Waals surface area contributed by atoms with Crippen LogP contribution in [0.25, 0.3) is 11.0 Å². The topological polar surface area (TPSA) is 84.2 Å². The van der Waals surface area contributed by atoms with Gasteiger partial charge >= 0.3 is 5.69 Å². The fourth-order valence-corrected chi connectivity index (χ4v) is 3.76. The number of H-pyrrole nitrogens is 2. The number of para-hydroxylation sites is 1. The van der Waals surface area contributed by atoms with E-state index < -0.39 is 0 Å². The van der Waals surface area contributed by atoms with Gasteiger partial charge in [0.05, 0.1) is 11.0 Å². The number of imidazole rings is 1. The van der Waals surface area contributed by atoms with Gasteiger partial charge in [0, 0.05) is 51.9 Å². The third-order valence-electron chi connectivity index (χ3n) is 5.28. The molecule has 3 aromatic rings. The van der Waals surface area contributed by atoms with Crippen LogP contribution in [0.2, 0.25) is 0 Å². The highest BCUT2D eigenvalue weighted by Gasteiger charge is 2.20. The lowest BCUT2D eigenvalue weighted by atomic mass is 10.1. The zero-order valence-corrected chi connectivity index (χ0v) is 16.0. The second-order valence-corrected chi connectivity index (χ2v) is 7.18. The van der Waals surface area contributed by atoms with Crippen LogP contribution in [-0.4, -0.2) is 47.0 Å². The van der Waals surface area contributed by atoms with Crippen molar-refractivity contribution in [2.75, 3.05) is 31.1 Å². The Hall–Kier alpha value is -3.06. The van der Waals surface area contributed by atoms with E-state index in [1.54, 1.807) is 6.92 Å². The van der Waals surface area contributed by atoms with Crippen LogP contribution in [0.15, 0.2) is 47.3 Å². The summed E-state index contributed by atoms with van der Waals surface area (Å²) in [5.74, 6) is 0.148. The average Bonchev–Trinajstić information content (AvgIpc) is 3.08. The van der Waals surface area contributed by atoms with Crippen molar-refractivity contribution in [2.45, 2.75) is 20.0 Å². The van der Waals surface area contributed by atoms with Crippen LogP contribution < -0.4 is 15.9 Å². The van der Waals surface area contributed by atoms with Gasteiger partial charge in [0.25, 0.3) is 0 Å². The minimum Gasteiger partial charge on any atom is -0.368 e. The maximum atomic E-state index is 11.5. The third-order valence-corrected chi connectivity index (χ3v) is 5.28. The number of piperazine rings is 1. The molecule has 2 heterocycles. The van der Waals surface area contributed by atoms with Gasteiger partial charge < -0.3 is 25.1 Å². The molecule has 1 fully saturated rings. The van der Waals surface area contributed by atoms with Crippen molar-refractivity contribution in [1.82, 2.24) is 20.2 Å². The Morgan fingerprint density at radius 2 is 1.75 bits per heavy atom. The van der Waals surface area contributed by atoms with E-state index >= 15 is 0 Å². The summed E-state index contributed by atoms with van der Waals surface area (Å²) >= 11 is 0. The van der Waals surface area contributed by atoms with E-state index in [1.807, 2.05) is 23.1 Å². The zero-order valence-electron chi connectivity index (χ0n) is 16.0. The monoisotopic (exact) mass is 379 g/mol. The highest BCUT2D eigenvalue weighted by molar-refractivity contribution is 5.75. The Labute approximate surface area is 163 Å². The van der Waals surface area contributed by atoms with Gasteiger partial charge in [-0.15, -0.1) is 0 Å². The molecule has 0 saturated carbocycles. The van der Waals surface area contributed by atoms with E-state index in [-0.39, 0.29) is 11.6 Å². The first-order valence-electron chi connectivity index (χ1n) is 9.60. The Balaban J connectivity index is 1.39. The lowest BCUT2D eigenvalue weighted by Crippen LogP contribution is -2.48. The van der Waals surface area contributed by atoms with Gasteiger partial charge in [0.1, 0.15) is 0 Å². The van der Waals surface area contributed by atoms with Crippen LogP contribution in [0, 0.1) is 0 Å². The van der Waals surface area contributed by atoms with Crippen molar-refractivity contribution < 1.29 is 4.79 Å². The molecule has 2 aromatic carbocycles. The summed E-state index contributed by atoms with van der Waals surface area (Å²) < 4.78 is 0. The molecular weight excluding hydrogens is 354 g/mol. The van der Waals surface area contributed by atoms with Crippen LogP contribution in [0.5, 0.6) is 0 Å². The lowest BCUT2D eigenvalue weighted by Gasteiger charge is -2.36. The fraction of sp³-hybridized carbons (Fsp3) is 0.333. The fourth-order valence-electron chi connectivity index (χ4n) is 3.76. The van der Waals surface area contributed by atoms with Crippen molar-refractivity contribution in [2.24, 2.45) is 0 Å². The minimum atomic E-state index is -0.182. The number of aromatic nitrogens is 2. The quantitative estimate of drug-likeness (QED) is 0.631. The Morgan fingerprint density at radius 3 is 2.54 bits per heavy atom. The molecule has 4 rings (SSSR count). The highest BCUT2D eigenvalue weighted by Crippen LogP contribution is 2.22. The number of fused-ring (bicyclic) bond motifs is 1. The van der Waals surface area contributed by atoms with Gasteiger partial charge in [-0.2, -0.15) is 0 Å². The molecule has 0 spiro atoms. The summed E-state index contributed by atoms with van der Waals surface area (Å²) in [7, 11) is 0. The molecule has 1 amide bonds. The molecule has 0 bridgehead atoms. The van der Waals surface area contributed by atoms with Crippen LogP contribution in [-0.2, 0) is 17.9 Å². The molecule has 1 aliphatic heterocycles. The van der Waals surface area contributed by atoms with E-state index in [1.165, 1.54) is 11.3 Å². The van der Waals surface area contributed by atoms with Gasteiger partial charge in [-0.25, -0.2) is 4.79 Å². The second kappa shape index (κ2) is 7.90. The third kappa shape index (κ3) is 3.94. The van der Waals surface area contributed by atoms with Gasteiger partial charge in [0.15, 0.2) is 0 Å². The van der Waals surface area contributed by atoms with Crippen LogP contribution in [0.1, 0.15) is 18.1 Å². The summed E-state index contributed by atoms with van der Waals surface area (Å²) in [6, 6.07) is 14.4. The molecule has 0 unspecified atom stereocenters. The second-order valence-electron chi connectivity index (χ2n) is 7.18. The summed E-state index contributed by atoms with van der Waals surface area (Å²) in [6.45, 7) is 6.36. The molecule has 7 heteroatoms. The Morgan fingerprint density at radius 1 is 1.00 bits per heavy atom. The van der Waals surface area contributed by atoms with Crippen molar-refractivity contribution in [3.05, 3.63) is 64.1 Å². The normalized spacial score (nSPS) is 14.6. The molecule has 0 atom stereocenters. The number of anilines is 1. The molecule has 1 aromatic heterocycles. The first kappa shape index (κ1) is 18.3. The van der Waals surface area contributed by atoms with Gasteiger partial charge in [-0.05, 0) is 29.3 Å². The van der Waals surface area contributed by atoms with E-state index in [0.29, 0.717) is 0 Å². The highest BCUT2D eigenvalue weighted by atomic mass is 16.2. The minimum absolute atomic E-state index is 0.148. The molecule has 0 radical (unpaired) electrons. The number of amides is 1. The van der Waals surface area contributed by atoms with Crippen molar-refractivity contribution in [3.8, 4) is 0 Å². The maximum absolute atomic E-state index is 11.5. The predicted octanol–water partition coefficient (Wildman–Crippen LogP) is 1.81. The van der Waals surface area contributed by atoms with Gasteiger partial charge in [-0.1, -0.05) is 24.3 Å². The number of hydrogen-bond acceptors (Lipinski definition) is 4. The van der Waals surface area contributed by atoms with Crippen molar-refractivity contribution in [1.29, 1.82) is 0 Å². The lowest BCUT2D eigenvalue weighted by molar-refractivity contribution is -0.129. The molecule has 3 N–H and O–H groups in total. The van der Waals surface area contributed by atoms with Crippen LogP contribution in [0.3, 0.4) is 0 Å². The molecule has 146 valence electrons. The van der Waals surface area contributed by atoms with Crippen LogP contribution >= 0.6 is 0 Å². The molecule has 1 saturated heterocycles. The maximum Gasteiger partial charge on any atom is 0.323 e. The number of carbonyl (C=O) groups is 1. The summed E-state index contributed by atoms with van der Waals surface area (Å²) in [6.07, 6.45) is 0. The summed E-state index contributed by atoms with van der Waals surface area (Å²) in [4.78, 5) is 32.7. The Kier molecular flexibility index (Phi) is 5.16.